The van der Waals surface area contributed by atoms with E-state index in [9.17, 15) is 4.79 Å². The van der Waals surface area contributed by atoms with Crippen molar-refractivity contribution in [2.75, 3.05) is 31.5 Å². The molecule has 5 heteroatoms. The molecule has 0 aliphatic carbocycles. The number of urea groups is 1. The highest BCUT2D eigenvalue weighted by Gasteiger charge is 2.11. The topological polar surface area (TPSA) is 57.5 Å². The maximum atomic E-state index is 12.1. The van der Waals surface area contributed by atoms with Crippen molar-refractivity contribution < 1.29 is 9.21 Å². The van der Waals surface area contributed by atoms with Crippen molar-refractivity contribution in [1.29, 1.82) is 0 Å². The van der Waals surface area contributed by atoms with E-state index in [0.29, 0.717) is 6.54 Å². The summed E-state index contributed by atoms with van der Waals surface area (Å²) in [6.45, 7) is 3.87. The largest absolute Gasteiger partial charge is 0.456 e. The number of nitrogens with one attached hydrogen (secondary N) is 2. The van der Waals surface area contributed by atoms with Crippen molar-refractivity contribution >= 4 is 33.7 Å². The average Bonchev–Trinajstić information content (AvgIpc) is 3.00. The number of nitrogens with zero attached hydrogens (tertiary/aromatic N) is 1. The Morgan fingerprint density at radius 2 is 1.80 bits per heavy atom. The predicted octanol–water partition coefficient (Wildman–Crippen LogP) is 4.19. The Labute approximate surface area is 147 Å². The third-order valence-corrected chi connectivity index (χ3v) is 4.80. The molecule has 0 spiro atoms. The van der Waals surface area contributed by atoms with Crippen LogP contribution in [0.4, 0.5) is 10.5 Å². The monoisotopic (exact) mass is 337 g/mol. The molecule has 1 aromatic heterocycles. The summed E-state index contributed by atoms with van der Waals surface area (Å²) in [5, 5.41) is 7.97. The van der Waals surface area contributed by atoms with Crippen molar-refractivity contribution in [1.82, 2.24) is 10.2 Å². The first-order valence-electron chi connectivity index (χ1n) is 8.98. The van der Waals surface area contributed by atoms with Crippen molar-refractivity contribution in [2.24, 2.45) is 0 Å². The molecule has 3 aromatic rings. The van der Waals surface area contributed by atoms with Crippen LogP contribution in [0.3, 0.4) is 0 Å². The smallest absolute Gasteiger partial charge is 0.319 e. The molecule has 0 bridgehead atoms. The molecule has 1 aliphatic rings. The fourth-order valence-electron chi connectivity index (χ4n) is 3.49. The minimum atomic E-state index is -0.174. The van der Waals surface area contributed by atoms with Gasteiger partial charge in [-0.25, -0.2) is 4.79 Å². The Morgan fingerprint density at radius 3 is 2.68 bits per heavy atom. The first-order valence-corrected chi connectivity index (χ1v) is 8.98. The van der Waals surface area contributed by atoms with Gasteiger partial charge in [0.2, 0.25) is 0 Å². The van der Waals surface area contributed by atoms with Gasteiger partial charge in [-0.05, 0) is 44.1 Å². The number of amides is 2. The zero-order chi connectivity index (χ0) is 17.1. The Balaban J connectivity index is 1.36. The number of carbonyl (C=O) groups excluding carboxylic acids is 1. The highest BCUT2D eigenvalue weighted by Crippen LogP contribution is 2.30. The van der Waals surface area contributed by atoms with Crippen LogP contribution >= 0.6 is 0 Å². The number of anilines is 1. The fraction of sp³-hybridized carbons (Fsp3) is 0.350. The number of hydrogen-bond acceptors (Lipinski definition) is 3. The van der Waals surface area contributed by atoms with Gasteiger partial charge in [0, 0.05) is 35.6 Å². The molecular formula is C20H23N3O2. The van der Waals surface area contributed by atoms with E-state index >= 15 is 0 Å². The summed E-state index contributed by atoms with van der Waals surface area (Å²) < 4.78 is 5.86. The van der Waals surface area contributed by atoms with Gasteiger partial charge >= 0.3 is 6.03 Å². The molecule has 2 amide bonds. The molecule has 5 nitrogen and oxygen atoms in total. The summed E-state index contributed by atoms with van der Waals surface area (Å²) >= 11 is 0. The Kier molecular flexibility index (Phi) is 4.57. The standard InChI is InChI=1S/C20H23N3O2/c24-20(21-10-13-23-11-4-1-5-12-23)22-15-8-9-17-16-6-2-3-7-18(16)25-19(17)14-15/h2-3,6-9,14H,1,4-5,10-13H2,(H2,21,22,24). The van der Waals surface area contributed by atoms with E-state index in [-0.39, 0.29) is 6.03 Å². The van der Waals surface area contributed by atoms with E-state index < -0.39 is 0 Å². The normalized spacial score (nSPS) is 15.5. The lowest BCUT2D eigenvalue weighted by atomic mass is 10.1. The number of furan rings is 1. The van der Waals surface area contributed by atoms with Crippen molar-refractivity contribution in [2.45, 2.75) is 19.3 Å². The van der Waals surface area contributed by atoms with E-state index in [1.807, 2.05) is 42.5 Å². The van der Waals surface area contributed by atoms with Crippen LogP contribution in [0.5, 0.6) is 0 Å². The minimum absolute atomic E-state index is 0.174. The molecule has 4 rings (SSSR count). The van der Waals surface area contributed by atoms with E-state index in [4.69, 9.17) is 4.42 Å². The summed E-state index contributed by atoms with van der Waals surface area (Å²) in [6, 6.07) is 13.6. The van der Waals surface area contributed by atoms with Gasteiger partial charge in [-0.3, -0.25) is 0 Å². The molecule has 1 saturated heterocycles. The van der Waals surface area contributed by atoms with Gasteiger partial charge in [0.15, 0.2) is 0 Å². The number of fused-ring (bicyclic) bond motifs is 3. The molecule has 0 saturated carbocycles. The zero-order valence-electron chi connectivity index (χ0n) is 14.3. The number of likely N-dealkylation sites (tertiary alicyclic amines) is 1. The molecule has 130 valence electrons. The second-order valence-electron chi connectivity index (χ2n) is 6.59. The van der Waals surface area contributed by atoms with Gasteiger partial charge < -0.3 is 20.0 Å². The molecule has 2 N–H and O–H groups in total. The minimum Gasteiger partial charge on any atom is -0.456 e. The van der Waals surface area contributed by atoms with E-state index in [2.05, 4.69) is 15.5 Å². The highest BCUT2D eigenvalue weighted by atomic mass is 16.3. The summed E-state index contributed by atoms with van der Waals surface area (Å²) in [4.78, 5) is 14.5. The fourth-order valence-corrected chi connectivity index (χ4v) is 3.49. The second kappa shape index (κ2) is 7.15. The van der Waals surface area contributed by atoms with Crippen LogP contribution in [0.2, 0.25) is 0 Å². The van der Waals surface area contributed by atoms with Gasteiger partial charge in [0.1, 0.15) is 11.2 Å². The van der Waals surface area contributed by atoms with Crippen LogP contribution in [-0.2, 0) is 0 Å². The summed E-state index contributed by atoms with van der Waals surface area (Å²) in [5.74, 6) is 0. The number of rotatable bonds is 4. The third-order valence-electron chi connectivity index (χ3n) is 4.80. The highest BCUT2D eigenvalue weighted by molar-refractivity contribution is 6.06. The zero-order valence-corrected chi connectivity index (χ0v) is 14.3. The van der Waals surface area contributed by atoms with E-state index in [0.717, 1.165) is 47.3 Å². The van der Waals surface area contributed by atoms with Crippen LogP contribution < -0.4 is 10.6 Å². The average molecular weight is 337 g/mol. The lowest BCUT2D eigenvalue weighted by Crippen LogP contribution is -2.39. The quantitative estimate of drug-likeness (QED) is 0.750. The summed E-state index contributed by atoms with van der Waals surface area (Å²) in [7, 11) is 0. The molecule has 0 atom stereocenters. The first kappa shape index (κ1) is 16.0. The maximum Gasteiger partial charge on any atom is 0.319 e. The summed E-state index contributed by atoms with van der Waals surface area (Å²) in [6.07, 6.45) is 3.86. The van der Waals surface area contributed by atoms with Crippen LogP contribution in [-0.4, -0.2) is 37.1 Å². The summed E-state index contributed by atoms with van der Waals surface area (Å²) in [5.41, 5.74) is 2.38. The van der Waals surface area contributed by atoms with E-state index in [1.54, 1.807) is 0 Å². The molecule has 0 unspecified atom stereocenters. The van der Waals surface area contributed by atoms with Crippen LogP contribution in [0.15, 0.2) is 46.9 Å². The number of hydrogen-bond donors (Lipinski definition) is 2. The van der Waals surface area contributed by atoms with Crippen molar-refractivity contribution in [3.63, 3.8) is 0 Å². The SMILES string of the molecule is O=C(NCCN1CCCCC1)Nc1ccc2c(c1)oc1ccccc12. The lowest BCUT2D eigenvalue weighted by molar-refractivity contribution is 0.224. The molecule has 25 heavy (non-hydrogen) atoms. The van der Waals surface area contributed by atoms with Crippen LogP contribution in [0.1, 0.15) is 19.3 Å². The Bertz CT molecular complexity index is 881. The molecule has 2 heterocycles. The molecule has 1 aliphatic heterocycles. The maximum absolute atomic E-state index is 12.1. The van der Waals surface area contributed by atoms with Gasteiger partial charge in [0.05, 0.1) is 0 Å². The van der Waals surface area contributed by atoms with Gasteiger partial charge in [0.25, 0.3) is 0 Å². The molecule has 1 fully saturated rings. The van der Waals surface area contributed by atoms with Gasteiger partial charge in [-0.2, -0.15) is 0 Å². The Hall–Kier alpha value is -2.53. The van der Waals surface area contributed by atoms with E-state index in [1.165, 1.54) is 19.3 Å². The third kappa shape index (κ3) is 3.61. The van der Waals surface area contributed by atoms with Gasteiger partial charge in [-0.1, -0.05) is 24.6 Å². The molecule has 0 radical (unpaired) electrons. The van der Waals surface area contributed by atoms with Crippen molar-refractivity contribution in [3.05, 3.63) is 42.5 Å². The predicted molar refractivity (Wildman–Crippen MR) is 101 cm³/mol. The van der Waals surface area contributed by atoms with Crippen LogP contribution in [0.25, 0.3) is 21.9 Å². The molecular weight excluding hydrogens is 314 g/mol. The number of benzene rings is 2. The molecule has 2 aromatic carbocycles. The lowest BCUT2D eigenvalue weighted by Gasteiger charge is -2.26. The van der Waals surface area contributed by atoms with Gasteiger partial charge in [-0.15, -0.1) is 0 Å². The number of carbonyl (C=O) groups is 1. The number of piperidine rings is 1. The number of para-hydroxylation sites is 1. The second-order valence-corrected chi connectivity index (χ2v) is 6.59. The Morgan fingerprint density at radius 1 is 1.00 bits per heavy atom. The van der Waals surface area contributed by atoms with Crippen LogP contribution in [0, 0.1) is 0 Å². The van der Waals surface area contributed by atoms with Crippen molar-refractivity contribution in [3.8, 4) is 0 Å². The first-order chi connectivity index (χ1) is 12.3.